The fourth-order valence-corrected chi connectivity index (χ4v) is 5.68. The molecule has 40 heavy (non-hydrogen) atoms. The SMILES string of the molecule is CCOC(=O)c1ccc(N=C2S[C@@H](CC(=O)Nc3cc(Cl)cc(Cl)c3)C(=O)N2CCc2ccc(OC)cc2)cc1. The minimum atomic E-state index is -0.664. The van der Waals surface area contributed by atoms with E-state index in [-0.39, 0.29) is 24.8 Å². The van der Waals surface area contributed by atoms with E-state index >= 15 is 0 Å². The second kappa shape index (κ2) is 13.7. The second-order valence-electron chi connectivity index (χ2n) is 8.77. The van der Waals surface area contributed by atoms with Gasteiger partial charge in [-0.05, 0) is 73.5 Å². The van der Waals surface area contributed by atoms with Crippen LogP contribution in [0.1, 0.15) is 29.3 Å². The van der Waals surface area contributed by atoms with Gasteiger partial charge in [-0.1, -0.05) is 47.1 Å². The van der Waals surface area contributed by atoms with Crippen molar-refractivity contribution < 1.29 is 23.9 Å². The van der Waals surface area contributed by atoms with Gasteiger partial charge >= 0.3 is 5.97 Å². The van der Waals surface area contributed by atoms with Gasteiger partial charge < -0.3 is 14.8 Å². The lowest BCUT2D eigenvalue weighted by Gasteiger charge is -2.17. The largest absolute Gasteiger partial charge is 0.497 e. The molecule has 1 atom stereocenters. The Morgan fingerprint density at radius 2 is 1.70 bits per heavy atom. The van der Waals surface area contributed by atoms with Crippen LogP contribution in [-0.4, -0.2) is 53.4 Å². The van der Waals surface area contributed by atoms with Gasteiger partial charge in [0.1, 0.15) is 11.0 Å². The zero-order valence-corrected chi connectivity index (χ0v) is 24.2. The van der Waals surface area contributed by atoms with Crippen molar-refractivity contribution in [1.29, 1.82) is 0 Å². The van der Waals surface area contributed by atoms with Gasteiger partial charge in [0.05, 0.1) is 25.0 Å². The quantitative estimate of drug-likeness (QED) is 0.271. The molecular weight excluding hydrogens is 573 g/mol. The van der Waals surface area contributed by atoms with E-state index in [1.54, 1.807) is 61.4 Å². The number of benzene rings is 3. The fourth-order valence-electron chi connectivity index (χ4n) is 3.97. The van der Waals surface area contributed by atoms with Crippen molar-refractivity contribution in [3.8, 4) is 5.75 Å². The van der Waals surface area contributed by atoms with E-state index in [4.69, 9.17) is 32.7 Å². The van der Waals surface area contributed by atoms with Crippen LogP contribution in [0.15, 0.2) is 71.7 Å². The first-order valence-electron chi connectivity index (χ1n) is 12.5. The van der Waals surface area contributed by atoms with E-state index in [9.17, 15) is 14.4 Å². The van der Waals surface area contributed by atoms with Crippen LogP contribution >= 0.6 is 35.0 Å². The number of aliphatic imine (C=N–C) groups is 1. The number of carbonyl (C=O) groups excluding carboxylic acids is 3. The van der Waals surface area contributed by atoms with Crippen LogP contribution in [0.3, 0.4) is 0 Å². The highest BCUT2D eigenvalue weighted by Gasteiger charge is 2.39. The van der Waals surface area contributed by atoms with Crippen LogP contribution in [0.4, 0.5) is 11.4 Å². The molecule has 0 aromatic heterocycles. The number of anilines is 1. The molecule has 0 saturated carbocycles. The maximum absolute atomic E-state index is 13.5. The van der Waals surface area contributed by atoms with Gasteiger partial charge in [-0.2, -0.15) is 0 Å². The summed E-state index contributed by atoms with van der Waals surface area (Å²) in [7, 11) is 1.61. The fraction of sp³-hybridized carbons (Fsp3) is 0.241. The van der Waals surface area contributed by atoms with E-state index in [1.807, 2.05) is 24.3 Å². The maximum atomic E-state index is 13.5. The van der Waals surface area contributed by atoms with E-state index in [1.165, 1.54) is 11.8 Å². The van der Waals surface area contributed by atoms with Crippen molar-refractivity contribution in [1.82, 2.24) is 4.90 Å². The van der Waals surface area contributed by atoms with E-state index < -0.39 is 11.2 Å². The number of rotatable bonds is 10. The third-order valence-corrected chi connectivity index (χ3v) is 7.54. The van der Waals surface area contributed by atoms with Crippen molar-refractivity contribution in [2.45, 2.75) is 25.0 Å². The number of ether oxygens (including phenoxy) is 2. The van der Waals surface area contributed by atoms with E-state index in [0.29, 0.717) is 45.1 Å². The predicted octanol–water partition coefficient (Wildman–Crippen LogP) is 6.38. The molecular formula is C29H27Cl2N3O5S. The average Bonchev–Trinajstić information content (AvgIpc) is 3.20. The topological polar surface area (TPSA) is 97.3 Å². The molecule has 1 fully saturated rings. The molecule has 3 aromatic carbocycles. The molecule has 1 heterocycles. The minimum Gasteiger partial charge on any atom is -0.497 e. The van der Waals surface area contributed by atoms with Gasteiger partial charge in [-0.25, -0.2) is 9.79 Å². The van der Waals surface area contributed by atoms with Crippen LogP contribution in [-0.2, 0) is 20.7 Å². The van der Waals surface area contributed by atoms with Crippen LogP contribution in [0.2, 0.25) is 10.0 Å². The molecule has 0 bridgehead atoms. The molecule has 1 saturated heterocycles. The first-order chi connectivity index (χ1) is 19.2. The van der Waals surface area contributed by atoms with Crippen LogP contribution < -0.4 is 10.1 Å². The normalized spacial score (nSPS) is 15.8. The number of halogens is 2. The highest BCUT2D eigenvalue weighted by atomic mass is 35.5. The Hall–Kier alpha value is -3.53. The van der Waals surface area contributed by atoms with Crippen LogP contribution in [0, 0.1) is 0 Å². The summed E-state index contributed by atoms with van der Waals surface area (Å²) in [5, 5.41) is 3.35. The summed E-state index contributed by atoms with van der Waals surface area (Å²) in [6.45, 7) is 2.40. The zero-order valence-electron chi connectivity index (χ0n) is 21.9. The molecule has 208 valence electrons. The number of carbonyl (C=O) groups is 3. The van der Waals surface area contributed by atoms with Crippen molar-refractivity contribution in [2.24, 2.45) is 4.99 Å². The van der Waals surface area contributed by atoms with Crippen molar-refractivity contribution in [3.63, 3.8) is 0 Å². The van der Waals surface area contributed by atoms with Gasteiger partial charge in [0, 0.05) is 28.7 Å². The average molecular weight is 601 g/mol. The van der Waals surface area contributed by atoms with Crippen LogP contribution in [0.25, 0.3) is 0 Å². The first-order valence-corrected chi connectivity index (χ1v) is 14.1. The van der Waals surface area contributed by atoms with Gasteiger partial charge in [0.15, 0.2) is 5.17 Å². The minimum absolute atomic E-state index is 0.0620. The molecule has 0 unspecified atom stereocenters. The summed E-state index contributed by atoms with van der Waals surface area (Å²) in [4.78, 5) is 44.6. The molecule has 3 aromatic rings. The molecule has 1 N–H and O–H groups in total. The lowest BCUT2D eigenvalue weighted by Crippen LogP contribution is -2.35. The number of esters is 1. The smallest absolute Gasteiger partial charge is 0.338 e. The van der Waals surface area contributed by atoms with Crippen molar-refractivity contribution in [3.05, 3.63) is 87.9 Å². The van der Waals surface area contributed by atoms with Crippen molar-refractivity contribution >= 4 is 69.3 Å². The first kappa shape index (κ1) is 29.5. The van der Waals surface area contributed by atoms with E-state index in [2.05, 4.69) is 10.3 Å². The molecule has 0 aliphatic carbocycles. The summed E-state index contributed by atoms with van der Waals surface area (Å²) in [5.74, 6) is -0.226. The Morgan fingerprint density at radius 1 is 1.02 bits per heavy atom. The molecule has 1 aliphatic heterocycles. The Bertz CT molecular complexity index is 1390. The second-order valence-corrected chi connectivity index (χ2v) is 10.8. The number of hydrogen-bond acceptors (Lipinski definition) is 7. The van der Waals surface area contributed by atoms with Crippen molar-refractivity contribution in [2.75, 3.05) is 25.6 Å². The summed E-state index contributed by atoms with van der Waals surface area (Å²) >= 11 is 13.3. The summed E-state index contributed by atoms with van der Waals surface area (Å²) in [5.41, 5.74) is 2.45. The van der Waals surface area contributed by atoms with Gasteiger partial charge in [-0.15, -0.1) is 0 Å². The number of hydrogen-bond donors (Lipinski definition) is 1. The molecule has 8 nitrogen and oxygen atoms in total. The molecule has 0 radical (unpaired) electrons. The number of thioether (sulfide) groups is 1. The summed E-state index contributed by atoms with van der Waals surface area (Å²) in [6, 6.07) is 19.0. The Kier molecular flexibility index (Phi) is 10.1. The lowest BCUT2D eigenvalue weighted by atomic mass is 10.1. The maximum Gasteiger partial charge on any atom is 0.338 e. The molecule has 4 rings (SSSR count). The molecule has 0 spiro atoms. The predicted molar refractivity (Wildman–Crippen MR) is 159 cm³/mol. The Balaban J connectivity index is 1.52. The summed E-state index contributed by atoms with van der Waals surface area (Å²) < 4.78 is 10.3. The Morgan fingerprint density at radius 3 is 2.33 bits per heavy atom. The third-order valence-electron chi connectivity index (χ3n) is 5.92. The number of amidine groups is 1. The highest BCUT2D eigenvalue weighted by molar-refractivity contribution is 8.15. The zero-order chi connectivity index (χ0) is 28.6. The number of amides is 2. The third kappa shape index (κ3) is 7.78. The number of methoxy groups -OCH3 is 1. The van der Waals surface area contributed by atoms with Gasteiger partial charge in [0.25, 0.3) is 0 Å². The van der Waals surface area contributed by atoms with Gasteiger partial charge in [0.2, 0.25) is 11.8 Å². The molecule has 1 aliphatic rings. The molecule has 2 amide bonds. The van der Waals surface area contributed by atoms with Gasteiger partial charge in [-0.3, -0.25) is 14.5 Å². The van der Waals surface area contributed by atoms with Crippen LogP contribution in [0.5, 0.6) is 5.75 Å². The highest BCUT2D eigenvalue weighted by Crippen LogP contribution is 2.33. The lowest BCUT2D eigenvalue weighted by molar-refractivity contribution is -0.128. The standard InChI is InChI=1S/C29H27Cl2N3O5S/c1-3-39-28(37)19-6-8-22(9-7-19)33-29-34(13-12-18-4-10-24(38-2)11-5-18)27(36)25(40-29)17-26(35)32-23-15-20(30)14-21(31)16-23/h4-11,14-16,25H,3,12-13,17H2,1-2H3,(H,32,35)/t25-/m0/s1. The summed E-state index contributed by atoms with van der Waals surface area (Å²) in [6.07, 6.45) is 0.518. The van der Waals surface area contributed by atoms with E-state index in [0.717, 1.165) is 11.3 Å². The molecule has 11 heteroatoms. The monoisotopic (exact) mass is 599 g/mol. The Labute approximate surface area is 246 Å². The number of nitrogens with zero attached hydrogens (tertiary/aromatic N) is 2. The number of nitrogens with one attached hydrogen (secondary N) is 1.